The van der Waals surface area contributed by atoms with E-state index >= 15 is 0 Å². The van der Waals surface area contributed by atoms with Crippen LogP contribution in [0.15, 0.2) is 71.5 Å². The number of aryl methyl sites for hydroxylation is 2. The molecule has 3 N–H and O–H groups in total. The maximum atomic E-state index is 12.2. The molecule has 1 aromatic heterocycles. The number of nitrogens with one attached hydrogen (secondary N) is 2. The predicted octanol–water partition coefficient (Wildman–Crippen LogP) is 5.06. The lowest BCUT2D eigenvalue weighted by molar-refractivity contribution is 0.259. The van der Waals surface area contributed by atoms with Crippen LogP contribution in [0.3, 0.4) is 0 Å². The zero-order chi connectivity index (χ0) is 25.8. The molecule has 0 saturated heterocycles. The van der Waals surface area contributed by atoms with Crippen LogP contribution in [0.1, 0.15) is 53.1 Å². The molecule has 192 valence electrons. The highest BCUT2D eigenvalue weighted by atomic mass is 16.5. The Morgan fingerprint density at radius 3 is 2.32 bits per heavy atom. The topological polar surface area (TPSA) is 74.3 Å². The van der Waals surface area contributed by atoms with Gasteiger partial charge in [-0.1, -0.05) is 62.4 Å². The van der Waals surface area contributed by atoms with Gasteiger partial charge in [-0.15, -0.1) is 0 Å². The Balaban J connectivity index is 1.33. The zero-order valence-corrected chi connectivity index (χ0v) is 21.7. The first-order valence-corrected chi connectivity index (χ1v) is 13.4. The van der Waals surface area contributed by atoms with E-state index in [9.17, 15) is 9.90 Å². The van der Waals surface area contributed by atoms with E-state index in [2.05, 4.69) is 36.3 Å². The van der Waals surface area contributed by atoms with Gasteiger partial charge in [0.25, 0.3) is 0 Å². The molecule has 0 amide bonds. The Bertz CT molecular complexity index is 1390. The van der Waals surface area contributed by atoms with E-state index in [1.54, 1.807) is 6.07 Å². The third kappa shape index (κ3) is 5.48. The third-order valence-corrected chi connectivity index (χ3v) is 7.66. The van der Waals surface area contributed by atoms with Crippen molar-refractivity contribution in [2.24, 2.45) is 0 Å². The van der Waals surface area contributed by atoms with E-state index in [0.29, 0.717) is 30.5 Å². The second kappa shape index (κ2) is 11.3. The normalized spacial score (nSPS) is 14.1. The molecule has 0 bridgehead atoms. The molecule has 5 heteroatoms. The summed E-state index contributed by atoms with van der Waals surface area (Å²) in [5.74, 6) is 0.535. The molecule has 0 fully saturated rings. The van der Waals surface area contributed by atoms with Gasteiger partial charge >= 0.3 is 0 Å². The summed E-state index contributed by atoms with van der Waals surface area (Å²) in [6.45, 7) is 5.55. The van der Waals surface area contributed by atoms with Gasteiger partial charge in [0, 0.05) is 30.0 Å². The highest BCUT2D eigenvalue weighted by Crippen LogP contribution is 2.32. The van der Waals surface area contributed by atoms with Crippen LogP contribution in [-0.4, -0.2) is 29.3 Å². The first-order chi connectivity index (χ1) is 18.1. The molecule has 3 aromatic carbocycles. The van der Waals surface area contributed by atoms with Crippen molar-refractivity contribution in [3.05, 3.63) is 110 Å². The average Bonchev–Trinajstić information content (AvgIpc) is 3.33. The minimum Gasteiger partial charge on any atom is -0.487 e. The molecule has 4 aromatic rings. The Morgan fingerprint density at radius 2 is 1.68 bits per heavy atom. The summed E-state index contributed by atoms with van der Waals surface area (Å²) >= 11 is 0. The molecule has 0 saturated carbocycles. The Labute approximate surface area is 218 Å². The largest absolute Gasteiger partial charge is 0.487 e. The van der Waals surface area contributed by atoms with E-state index < -0.39 is 0 Å². The third-order valence-electron chi connectivity index (χ3n) is 7.66. The minimum absolute atomic E-state index is 0.0189. The van der Waals surface area contributed by atoms with Crippen molar-refractivity contribution in [1.29, 1.82) is 0 Å². The van der Waals surface area contributed by atoms with E-state index in [1.165, 1.54) is 22.3 Å². The molecular weight excluding hydrogens is 460 g/mol. The van der Waals surface area contributed by atoms with Gasteiger partial charge in [0.15, 0.2) is 0 Å². The van der Waals surface area contributed by atoms with Crippen molar-refractivity contribution < 1.29 is 9.84 Å². The Morgan fingerprint density at radius 1 is 0.973 bits per heavy atom. The molecule has 1 heterocycles. The van der Waals surface area contributed by atoms with Crippen LogP contribution >= 0.6 is 0 Å². The number of aromatic nitrogens is 1. The van der Waals surface area contributed by atoms with Crippen LogP contribution in [0.2, 0.25) is 0 Å². The maximum Gasteiger partial charge on any atom is 0.248 e. The first-order valence-electron chi connectivity index (χ1n) is 13.4. The molecule has 1 aliphatic carbocycles. The van der Waals surface area contributed by atoms with Crippen molar-refractivity contribution in [3.8, 4) is 5.75 Å². The van der Waals surface area contributed by atoms with Crippen LogP contribution in [0.4, 0.5) is 0 Å². The van der Waals surface area contributed by atoms with Gasteiger partial charge < -0.3 is 20.1 Å². The van der Waals surface area contributed by atoms with E-state index in [0.717, 1.165) is 42.2 Å². The lowest BCUT2D eigenvalue weighted by Crippen LogP contribution is -2.34. The van der Waals surface area contributed by atoms with Crippen LogP contribution in [0.5, 0.6) is 5.75 Å². The second-order valence-electron chi connectivity index (χ2n) is 10.0. The number of ether oxygens (including phenoxy) is 1. The van der Waals surface area contributed by atoms with E-state index in [4.69, 9.17) is 4.74 Å². The zero-order valence-electron chi connectivity index (χ0n) is 21.7. The number of aliphatic hydroxyl groups excluding tert-OH is 1. The van der Waals surface area contributed by atoms with Crippen LogP contribution in [-0.2, 0) is 32.3 Å². The smallest absolute Gasteiger partial charge is 0.248 e. The fourth-order valence-corrected chi connectivity index (χ4v) is 5.62. The van der Waals surface area contributed by atoms with Gasteiger partial charge in [-0.2, -0.15) is 0 Å². The van der Waals surface area contributed by atoms with Crippen molar-refractivity contribution in [3.63, 3.8) is 0 Å². The molecule has 0 spiro atoms. The lowest BCUT2D eigenvalue weighted by Gasteiger charge is -2.21. The average molecular weight is 497 g/mol. The van der Waals surface area contributed by atoms with Crippen LogP contribution < -0.4 is 15.6 Å². The summed E-state index contributed by atoms with van der Waals surface area (Å²) in [5, 5.41) is 15.0. The fourth-order valence-electron chi connectivity index (χ4n) is 5.62. The minimum atomic E-state index is -0.172. The second-order valence-corrected chi connectivity index (χ2v) is 10.0. The number of rotatable bonds is 10. The van der Waals surface area contributed by atoms with Gasteiger partial charge in [0.05, 0.1) is 12.1 Å². The molecule has 37 heavy (non-hydrogen) atoms. The monoisotopic (exact) mass is 496 g/mol. The summed E-state index contributed by atoms with van der Waals surface area (Å²) in [6.07, 6.45) is 4.18. The van der Waals surface area contributed by atoms with Crippen LogP contribution in [0, 0.1) is 0 Å². The van der Waals surface area contributed by atoms with Crippen molar-refractivity contribution in [2.75, 3.05) is 13.2 Å². The highest BCUT2D eigenvalue weighted by molar-refractivity contribution is 5.88. The molecule has 0 aliphatic heterocycles. The molecule has 0 radical (unpaired) electrons. The number of hydrogen-bond donors (Lipinski definition) is 3. The number of pyridine rings is 1. The molecular formula is C32H36N2O3. The number of H-pyrrole nitrogens is 1. The SMILES string of the molecule is CCc1cc2c(cc1CC)CC(NCC(CO)c1ccc(OCc3ccccc3)c3[nH]c(=O)ccc13)C2. The Hall–Kier alpha value is -3.41. The lowest BCUT2D eigenvalue weighted by atomic mass is 9.94. The van der Waals surface area contributed by atoms with Gasteiger partial charge in [0.1, 0.15) is 12.4 Å². The number of aromatic amines is 1. The summed E-state index contributed by atoms with van der Waals surface area (Å²) < 4.78 is 6.10. The summed E-state index contributed by atoms with van der Waals surface area (Å²) in [7, 11) is 0. The highest BCUT2D eigenvalue weighted by Gasteiger charge is 2.24. The standard InChI is InChI=1S/C32H36N2O3/c1-3-22-14-24-16-27(17-25(24)15-23(22)4-2)33-18-26(19-35)28-10-12-30(32-29(28)11-13-31(36)34-32)37-20-21-8-6-5-7-9-21/h5-15,26-27,33,35H,3-4,16-20H2,1-2H3,(H,34,36). The predicted molar refractivity (Wildman–Crippen MR) is 150 cm³/mol. The Kier molecular flexibility index (Phi) is 7.73. The van der Waals surface area contributed by atoms with Gasteiger partial charge in [-0.3, -0.25) is 4.79 Å². The quantitative estimate of drug-likeness (QED) is 0.287. The van der Waals surface area contributed by atoms with Gasteiger partial charge in [-0.25, -0.2) is 0 Å². The molecule has 5 rings (SSSR count). The van der Waals surface area contributed by atoms with Gasteiger partial charge in [-0.05, 0) is 71.2 Å². The number of fused-ring (bicyclic) bond motifs is 2. The molecule has 1 unspecified atom stereocenters. The molecule has 1 aliphatic rings. The molecule has 1 atom stereocenters. The van der Waals surface area contributed by atoms with E-state index in [-0.39, 0.29) is 18.1 Å². The summed E-state index contributed by atoms with van der Waals surface area (Å²) in [4.78, 5) is 15.1. The number of aliphatic hydroxyl groups is 1. The number of benzene rings is 3. The summed E-state index contributed by atoms with van der Waals surface area (Å²) in [5.41, 5.74) is 8.40. The maximum absolute atomic E-state index is 12.2. The molecule has 5 nitrogen and oxygen atoms in total. The fraction of sp³-hybridized carbons (Fsp3) is 0.344. The first kappa shape index (κ1) is 25.2. The van der Waals surface area contributed by atoms with Gasteiger partial charge in [0.2, 0.25) is 5.56 Å². The van der Waals surface area contributed by atoms with E-state index in [1.807, 2.05) is 48.5 Å². The van der Waals surface area contributed by atoms with Crippen molar-refractivity contribution in [1.82, 2.24) is 10.3 Å². The number of hydrogen-bond acceptors (Lipinski definition) is 4. The van der Waals surface area contributed by atoms with Crippen LogP contribution in [0.25, 0.3) is 10.9 Å². The van der Waals surface area contributed by atoms with Crippen molar-refractivity contribution >= 4 is 10.9 Å². The summed E-state index contributed by atoms with van der Waals surface area (Å²) in [6, 6.07) is 22.4. The van der Waals surface area contributed by atoms with Crippen molar-refractivity contribution in [2.45, 2.75) is 58.1 Å².